The number of carbonyl (C=O) groups is 2. The van der Waals surface area contributed by atoms with E-state index in [0.717, 1.165) is 12.8 Å². The van der Waals surface area contributed by atoms with Gasteiger partial charge in [-0.3, -0.25) is 9.59 Å². The molecule has 1 rings (SSSR count). The van der Waals surface area contributed by atoms with Gasteiger partial charge in [-0.1, -0.05) is 25.5 Å². The molecular formula is C15H20O4S. The molecule has 0 N–H and O–H groups in total. The van der Waals surface area contributed by atoms with Crippen LogP contribution in [0.25, 0.3) is 0 Å². The summed E-state index contributed by atoms with van der Waals surface area (Å²) in [4.78, 5) is 23.1. The fraction of sp³-hybridized carbons (Fsp3) is 0.467. The molecule has 1 aromatic rings. The quantitative estimate of drug-likeness (QED) is 0.726. The molecule has 0 spiro atoms. The Labute approximate surface area is 120 Å². The Morgan fingerprint density at radius 1 is 1.15 bits per heavy atom. The molecule has 0 bridgehead atoms. The number of carbonyl (C=O) groups excluding carboxylic acids is 2. The molecule has 0 aliphatic heterocycles. The van der Waals surface area contributed by atoms with E-state index in [4.69, 9.17) is 0 Å². The van der Waals surface area contributed by atoms with Crippen LogP contribution in [0.15, 0.2) is 29.2 Å². The van der Waals surface area contributed by atoms with E-state index in [0.29, 0.717) is 12.0 Å². The summed E-state index contributed by atoms with van der Waals surface area (Å²) in [5.41, 5.74) is 0.507. The summed E-state index contributed by atoms with van der Waals surface area (Å²) in [6, 6.07) is 5.82. The van der Waals surface area contributed by atoms with Gasteiger partial charge in [0.2, 0.25) is 0 Å². The van der Waals surface area contributed by atoms with E-state index < -0.39 is 20.9 Å². The third kappa shape index (κ3) is 3.76. The Balaban J connectivity index is 2.97. The predicted octanol–water partition coefficient (Wildman–Crippen LogP) is 2.81. The minimum Gasteiger partial charge on any atom is -0.299 e. The summed E-state index contributed by atoms with van der Waals surface area (Å²) in [6.45, 7) is 4.63. The normalized spacial score (nSPS) is 12.9. The van der Waals surface area contributed by atoms with Crippen molar-refractivity contribution in [1.29, 1.82) is 0 Å². The highest BCUT2D eigenvalue weighted by atomic mass is 32.2. The molecule has 110 valence electrons. The zero-order valence-corrected chi connectivity index (χ0v) is 12.9. The van der Waals surface area contributed by atoms with E-state index in [2.05, 4.69) is 0 Å². The van der Waals surface area contributed by atoms with Gasteiger partial charge in [-0.15, -0.1) is 0 Å². The lowest BCUT2D eigenvalue weighted by molar-refractivity contribution is -0.116. The number of unbranched alkanes of at least 4 members (excludes halogenated alkanes) is 1. The molecule has 4 nitrogen and oxygen atoms in total. The summed E-state index contributed by atoms with van der Waals surface area (Å²) < 4.78 is 24.2. The second kappa shape index (κ2) is 6.79. The molecule has 0 radical (unpaired) electrons. The van der Waals surface area contributed by atoms with Crippen LogP contribution in [0.3, 0.4) is 0 Å². The zero-order chi connectivity index (χ0) is 15.3. The minimum absolute atomic E-state index is 0.00964. The molecule has 1 atom stereocenters. The van der Waals surface area contributed by atoms with Gasteiger partial charge in [0.15, 0.2) is 15.6 Å². The Bertz CT molecular complexity index is 585. The first-order chi connectivity index (χ1) is 9.30. The highest BCUT2D eigenvalue weighted by molar-refractivity contribution is 7.92. The van der Waals surface area contributed by atoms with Gasteiger partial charge >= 0.3 is 0 Å². The van der Waals surface area contributed by atoms with Gasteiger partial charge in [-0.2, -0.15) is 0 Å². The van der Waals surface area contributed by atoms with E-state index in [1.54, 1.807) is 0 Å². The summed E-state index contributed by atoms with van der Waals surface area (Å²) in [6.07, 6.45) is 2.22. The third-order valence-corrected chi connectivity index (χ3v) is 5.49. The molecule has 0 aromatic heterocycles. The van der Waals surface area contributed by atoms with Gasteiger partial charge in [0, 0.05) is 12.0 Å². The van der Waals surface area contributed by atoms with Crippen LogP contribution in [-0.4, -0.2) is 25.2 Å². The van der Waals surface area contributed by atoms with Crippen LogP contribution in [0.4, 0.5) is 0 Å². The van der Waals surface area contributed by atoms with E-state index >= 15 is 0 Å². The van der Waals surface area contributed by atoms with E-state index in [1.807, 2.05) is 6.92 Å². The van der Waals surface area contributed by atoms with E-state index in [1.165, 1.54) is 38.1 Å². The molecule has 0 amide bonds. The summed E-state index contributed by atoms with van der Waals surface area (Å²) in [7, 11) is -3.66. The molecule has 0 aliphatic carbocycles. The largest absolute Gasteiger partial charge is 0.299 e. The number of hydrogen-bond donors (Lipinski definition) is 0. The Kier molecular flexibility index (Phi) is 5.62. The number of rotatable bonds is 7. The van der Waals surface area contributed by atoms with Gasteiger partial charge in [0.05, 0.1) is 4.90 Å². The van der Waals surface area contributed by atoms with Crippen molar-refractivity contribution in [3.63, 3.8) is 0 Å². The third-order valence-electron chi connectivity index (χ3n) is 3.30. The number of ketones is 2. The minimum atomic E-state index is -3.66. The van der Waals surface area contributed by atoms with Gasteiger partial charge < -0.3 is 0 Å². The first-order valence-corrected chi connectivity index (χ1v) is 8.23. The monoisotopic (exact) mass is 296 g/mol. The van der Waals surface area contributed by atoms with Crippen molar-refractivity contribution >= 4 is 21.4 Å². The molecule has 0 aliphatic rings. The second-order valence-corrected chi connectivity index (χ2v) is 7.12. The van der Waals surface area contributed by atoms with Gasteiger partial charge in [-0.05, 0) is 32.4 Å². The van der Waals surface area contributed by atoms with Crippen LogP contribution in [-0.2, 0) is 14.6 Å². The Morgan fingerprint density at radius 2 is 1.70 bits per heavy atom. The maximum Gasteiger partial charge on any atom is 0.188 e. The molecular weight excluding hydrogens is 276 g/mol. The fourth-order valence-corrected chi connectivity index (χ4v) is 3.10. The van der Waals surface area contributed by atoms with E-state index in [9.17, 15) is 18.0 Å². The van der Waals surface area contributed by atoms with Crippen molar-refractivity contribution in [2.45, 2.75) is 50.2 Å². The van der Waals surface area contributed by atoms with Crippen LogP contribution >= 0.6 is 0 Å². The molecule has 0 fully saturated rings. The van der Waals surface area contributed by atoms with Crippen LogP contribution in [0, 0.1) is 0 Å². The van der Waals surface area contributed by atoms with Gasteiger partial charge in [0.25, 0.3) is 0 Å². The van der Waals surface area contributed by atoms with Crippen molar-refractivity contribution in [3.05, 3.63) is 29.8 Å². The number of sulfone groups is 1. The van der Waals surface area contributed by atoms with Crippen molar-refractivity contribution < 1.29 is 18.0 Å². The molecule has 0 heterocycles. The molecule has 20 heavy (non-hydrogen) atoms. The SMILES string of the molecule is CCCCC(=O)c1ccc(S(=O)(=O)C(C)C(C)=O)cc1. The van der Waals surface area contributed by atoms with Crippen LogP contribution in [0.2, 0.25) is 0 Å². The Hall–Kier alpha value is -1.49. The first kappa shape index (κ1) is 16.6. The van der Waals surface area contributed by atoms with Crippen molar-refractivity contribution in [1.82, 2.24) is 0 Å². The first-order valence-electron chi connectivity index (χ1n) is 6.68. The molecule has 1 aromatic carbocycles. The molecule has 0 saturated carbocycles. The Morgan fingerprint density at radius 3 is 2.15 bits per heavy atom. The smallest absolute Gasteiger partial charge is 0.188 e. The van der Waals surface area contributed by atoms with Crippen molar-refractivity contribution in [3.8, 4) is 0 Å². The number of benzene rings is 1. The fourth-order valence-electron chi connectivity index (χ4n) is 1.73. The summed E-state index contributed by atoms with van der Waals surface area (Å²) >= 11 is 0. The maximum atomic E-state index is 12.1. The second-order valence-electron chi connectivity index (χ2n) is 4.85. The van der Waals surface area contributed by atoms with Gasteiger partial charge in [0.1, 0.15) is 11.0 Å². The average Bonchev–Trinajstić information content (AvgIpc) is 2.43. The highest BCUT2D eigenvalue weighted by Crippen LogP contribution is 2.18. The lowest BCUT2D eigenvalue weighted by atomic mass is 10.1. The van der Waals surface area contributed by atoms with Crippen LogP contribution in [0.5, 0.6) is 0 Å². The zero-order valence-electron chi connectivity index (χ0n) is 12.0. The predicted molar refractivity (Wildman–Crippen MR) is 77.6 cm³/mol. The molecule has 1 unspecified atom stereocenters. The highest BCUT2D eigenvalue weighted by Gasteiger charge is 2.26. The number of Topliss-reactive ketones (excluding diaryl/α,β-unsaturated/α-hetero) is 2. The number of hydrogen-bond acceptors (Lipinski definition) is 4. The van der Waals surface area contributed by atoms with Gasteiger partial charge in [-0.25, -0.2) is 8.42 Å². The molecule has 5 heteroatoms. The van der Waals surface area contributed by atoms with Crippen molar-refractivity contribution in [2.24, 2.45) is 0 Å². The lowest BCUT2D eigenvalue weighted by Gasteiger charge is -2.10. The average molecular weight is 296 g/mol. The topological polar surface area (TPSA) is 68.3 Å². The van der Waals surface area contributed by atoms with Crippen LogP contribution < -0.4 is 0 Å². The summed E-state index contributed by atoms with van der Waals surface area (Å²) in [5.74, 6) is -0.386. The van der Waals surface area contributed by atoms with Crippen LogP contribution in [0.1, 0.15) is 50.4 Å². The standard InChI is InChI=1S/C15H20O4S/c1-4-5-6-15(17)13-7-9-14(10-8-13)20(18,19)12(3)11(2)16/h7-10,12H,4-6H2,1-3H3. The van der Waals surface area contributed by atoms with E-state index in [-0.39, 0.29) is 10.7 Å². The van der Waals surface area contributed by atoms with Crippen molar-refractivity contribution in [2.75, 3.05) is 0 Å². The maximum absolute atomic E-state index is 12.1. The lowest BCUT2D eigenvalue weighted by Crippen LogP contribution is -2.25. The summed E-state index contributed by atoms with van der Waals surface area (Å²) in [5, 5.41) is -1.07. The molecule has 0 saturated heterocycles.